The fourth-order valence-electron chi connectivity index (χ4n) is 3.26. The molecule has 0 aliphatic heterocycles. The molecule has 56 heavy (non-hydrogen) atoms. The van der Waals surface area contributed by atoms with Gasteiger partial charge in [-0.15, -0.1) is 0 Å². The number of carbonyl (C=O) groups is 6. The van der Waals surface area contributed by atoms with Gasteiger partial charge in [0.05, 0.1) is 14.2 Å². The maximum absolute atomic E-state index is 12.3. The van der Waals surface area contributed by atoms with Gasteiger partial charge in [0.25, 0.3) is 11.9 Å². The third-order valence-corrected chi connectivity index (χ3v) is 5.40. The summed E-state index contributed by atoms with van der Waals surface area (Å²) in [7, 11) is 2.83. The van der Waals surface area contributed by atoms with Crippen LogP contribution in [-0.4, -0.2) is 97.6 Å². The average Bonchev–Trinajstić information content (AvgIpc) is 3.10. The third-order valence-electron chi connectivity index (χ3n) is 5.40. The van der Waals surface area contributed by atoms with Gasteiger partial charge in [0.15, 0.2) is 11.5 Å². The Bertz CT molecular complexity index is 1450. The molecule has 0 fully saturated rings. The molecule has 0 heterocycles. The predicted octanol–water partition coefficient (Wildman–Crippen LogP) is 0.826. The Morgan fingerprint density at radius 1 is 0.554 bits per heavy atom. The monoisotopic (exact) mass is 940 g/mol. The summed E-state index contributed by atoms with van der Waals surface area (Å²) < 4.78 is 9.94. The number of carboxylic acid groups (broad SMARTS) is 2. The van der Waals surface area contributed by atoms with Crippen molar-refractivity contribution in [1.29, 1.82) is 0 Å². The number of aliphatic hydroxyl groups excluding tert-OH is 1. The van der Waals surface area contributed by atoms with E-state index in [4.69, 9.17) is 53.7 Å². The van der Waals surface area contributed by atoms with Gasteiger partial charge in [-0.25, -0.2) is 0 Å². The van der Waals surface area contributed by atoms with Crippen LogP contribution in [0.15, 0.2) is 107 Å². The van der Waals surface area contributed by atoms with Gasteiger partial charge >= 0.3 is 0 Å². The van der Waals surface area contributed by atoms with E-state index in [2.05, 4.69) is 21.9 Å². The number of aliphatic hydroxyl groups is 1. The molecule has 0 aromatic carbocycles. The smallest absolute Gasteiger partial charge is 0.300 e. The SMILES string of the molecule is CC(=O)O.CC(=O)O.CCO.COC1=CC=C/C(=C/NOCCON/C=C2C=C/C(=C/NOCCON/C=C3/C=CC=C(OC)C3=O)C(=O)C/2=O)C1=O.[Zn].[Zn].[Zn]. The molecule has 7 N–H and O–H groups in total. The van der Waals surface area contributed by atoms with Crippen molar-refractivity contribution >= 4 is 35.1 Å². The number of allylic oxidation sites excluding steroid dienone is 12. The molecule has 19 nitrogen and oxygen atoms in total. The second kappa shape index (κ2) is 36.4. The van der Waals surface area contributed by atoms with Gasteiger partial charge in [0.1, 0.15) is 26.4 Å². The molecule has 0 aromatic rings. The van der Waals surface area contributed by atoms with Crippen molar-refractivity contribution in [3.05, 3.63) is 107 Å². The standard InChI is InChI=1S/C28H30N4O10.2C2H4O2.C2H6O.3Zn/c1-37-23-7-3-5-19(25(23)33)15-29-39-11-13-41-31-17-21-9-10-22(28(36)27(21)35)18-32-42-14-12-40-30-16-20-6-4-8-24(38-2)26(20)34;2*1-2(3)4;1-2-3;;;/h3-10,15-18,29-32H,11-14H2,1-2H3;2*1H3,(H,3,4);3H,2H2,1H3;;;/b19-15-,20-16-,21-17-,22-18-;;;;;;. The summed E-state index contributed by atoms with van der Waals surface area (Å²) in [6.45, 7) is 4.48. The zero-order valence-corrected chi connectivity index (χ0v) is 40.7. The van der Waals surface area contributed by atoms with Crippen LogP contribution in [0.5, 0.6) is 0 Å². The fraction of sp³-hybridized carbons (Fsp3) is 0.294. The Morgan fingerprint density at radius 2 is 0.786 bits per heavy atom. The van der Waals surface area contributed by atoms with Crippen molar-refractivity contribution in [3.8, 4) is 0 Å². The number of ether oxygens (including phenoxy) is 2. The Labute approximate surface area is 361 Å². The summed E-state index contributed by atoms with van der Waals surface area (Å²) in [5, 5.41) is 22.4. The number of rotatable bonds is 16. The van der Waals surface area contributed by atoms with Crippen LogP contribution in [0.2, 0.25) is 0 Å². The molecule has 0 saturated heterocycles. The first-order chi connectivity index (χ1) is 25.3. The molecule has 0 amide bonds. The number of nitrogens with one attached hydrogen (secondary N) is 4. The normalized spacial score (nSPS) is 16.5. The molecule has 3 aliphatic rings. The van der Waals surface area contributed by atoms with E-state index in [9.17, 15) is 19.2 Å². The Kier molecular flexibility index (Phi) is 38.0. The number of methoxy groups -OCH3 is 2. The number of aliphatic carboxylic acids is 2. The topological polar surface area (TPSA) is 267 Å². The summed E-state index contributed by atoms with van der Waals surface area (Å²) in [6, 6.07) is 0. The van der Waals surface area contributed by atoms with Crippen LogP contribution in [0.25, 0.3) is 0 Å². The summed E-state index contributed by atoms with van der Waals surface area (Å²) in [5.41, 5.74) is 10.9. The zero-order valence-electron chi connectivity index (χ0n) is 31.8. The van der Waals surface area contributed by atoms with E-state index in [1.807, 2.05) is 0 Å². The molecule has 3 aliphatic carbocycles. The average molecular weight is 945 g/mol. The maximum atomic E-state index is 12.3. The van der Waals surface area contributed by atoms with Gasteiger partial charge in [-0.1, -0.05) is 12.2 Å². The fourth-order valence-corrected chi connectivity index (χ4v) is 3.26. The minimum atomic E-state index is -0.833. The third kappa shape index (κ3) is 26.5. The second-order valence-corrected chi connectivity index (χ2v) is 9.46. The number of carbonyl (C=O) groups excluding carboxylic acids is 4. The first-order valence-corrected chi connectivity index (χ1v) is 15.3. The van der Waals surface area contributed by atoms with Crippen molar-refractivity contribution in [3.63, 3.8) is 0 Å². The van der Waals surface area contributed by atoms with E-state index in [1.165, 1.54) is 51.2 Å². The molecule has 3 rings (SSSR count). The quantitative estimate of drug-likeness (QED) is 0.0371. The van der Waals surface area contributed by atoms with Crippen LogP contribution in [0.4, 0.5) is 0 Å². The Hall–Kier alpha value is -4.25. The molecule has 22 heteroatoms. The van der Waals surface area contributed by atoms with Crippen molar-refractivity contribution in [1.82, 2.24) is 21.9 Å². The largest absolute Gasteiger partial charge is 0.493 e. The minimum Gasteiger partial charge on any atom is -0.493 e. The molecule has 0 unspecified atom stereocenters. The van der Waals surface area contributed by atoms with Crippen LogP contribution in [-0.2, 0) is 116 Å². The van der Waals surface area contributed by atoms with Crippen LogP contribution in [0.1, 0.15) is 20.8 Å². The molecule has 0 radical (unpaired) electrons. The van der Waals surface area contributed by atoms with Gasteiger partial charge in [0, 0.05) is 126 Å². The first-order valence-electron chi connectivity index (χ1n) is 15.3. The summed E-state index contributed by atoms with van der Waals surface area (Å²) in [5.74, 6) is -3.25. The summed E-state index contributed by atoms with van der Waals surface area (Å²) >= 11 is 0. The van der Waals surface area contributed by atoms with E-state index in [1.54, 1.807) is 43.4 Å². The van der Waals surface area contributed by atoms with Crippen molar-refractivity contribution < 1.29 is 131 Å². The van der Waals surface area contributed by atoms with Crippen molar-refractivity contribution in [2.24, 2.45) is 0 Å². The molecule has 0 spiro atoms. The number of hydrogen-bond donors (Lipinski definition) is 7. The molecular weight excluding hydrogens is 901 g/mol. The van der Waals surface area contributed by atoms with E-state index in [0.717, 1.165) is 13.8 Å². The van der Waals surface area contributed by atoms with Crippen LogP contribution in [0.3, 0.4) is 0 Å². The van der Waals surface area contributed by atoms with E-state index >= 15 is 0 Å². The second-order valence-electron chi connectivity index (χ2n) is 9.46. The van der Waals surface area contributed by atoms with Gasteiger partial charge in [-0.05, 0) is 43.4 Å². The van der Waals surface area contributed by atoms with Crippen LogP contribution < -0.4 is 21.9 Å². The number of carboxylic acids is 2. The number of hydrogen-bond acceptors (Lipinski definition) is 17. The summed E-state index contributed by atoms with van der Waals surface area (Å²) in [6.07, 6.45) is 17.9. The van der Waals surface area contributed by atoms with Crippen LogP contribution >= 0.6 is 0 Å². The van der Waals surface area contributed by atoms with Gasteiger partial charge in [0.2, 0.25) is 23.1 Å². The van der Waals surface area contributed by atoms with Crippen LogP contribution in [0, 0.1) is 0 Å². The van der Waals surface area contributed by atoms with E-state index in [0.29, 0.717) is 11.1 Å². The molecule has 296 valence electrons. The first kappa shape index (κ1) is 58.5. The molecule has 0 bridgehead atoms. The van der Waals surface area contributed by atoms with E-state index in [-0.39, 0.29) is 126 Å². The van der Waals surface area contributed by atoms with Gasteiger partial charge in [-0.3, -0.25) is 70.0 Å². The Balaban J connectivity index is -0.000000857. The number of Topliss-reactive ketones (excluding diaryl/α,β-unsaturated/α-hetero) is 4. The molecular formula is C34H44N4O15Zn3. The molecule has 0 saturated carbocycles. The molecule has 0 atom stereocenters. The van der Waals surface area contributed by atoms with E-state index < -0.39 is 23.5 Å². The summed E-state index contributed by atoms with van der Waals surface area (Å²) in [4.78, 5) is 87.3. The zero-order chi connectivity index (χ0) is 40.0. The van der Waals surface area contributed by atoms with Gasteiger partial charge in [-0.2, -0.15) is 0 Å². The van der Waals surface area contributed by atoms with Crippen molar-refractivity contribution in [2.45, 2.75) is 20.8 Å². The number of hydroxylamine groups is 4. The van der Waals surface area contributed by atoms with Gasteiger partial charge < -0.3 is 24.8 Å². The van der Waals surface area contributed by atoms with Crippen molar-refractivity contribution in [2.75, 3.05) is 47.3 Å². The predicted molar refractivity (Wildman–Crippen MR) is 186 cm³/mol. The Morgan fingerprint density at radius 3 is 1.02 bits per heavy atom. The molecule has 0 aromatic heterocycles. The maximum Gasteiger partial charge on any atom is 0.300 e. The number of ketones is 4. The minimum absolute atomic E-state index is 0.